The average Bonchev–Trinajstić information content (AvgIpc) is 2.98. The highest BCUT2D eigenvalue weighted by atomic mass is 16.6. The summed E-state index contributed by atoms with van der Waals surface area (Å²) < 4.78 is 1.85. The Kier molecular flexibility index (Phi) is 4.32. The summed E-state index contributed by atoms with van der Waals surface area (Å²) in [5.74, 6) is 0.737. The topological polar surface area (TPSA) is 114 Å². The van der Waals surface area contributed by atoms with Crippen LogP contribution >= 0.6 is 0 Å². The van der Waals surface area contributed by atoms with Gasteiger partial charge in [-0.1, -0.05) is 12.1 Å². The highest BCUT2D eigenvalue weighted by molar-refractivity contribution is 5.89. The van der Waals surface area contributed by atoms with Crippen molar-refractivity contribution in [3.63, 3.8) is 0 Å². The fourth-order valence-electron chi connectivity index (χ4n) is 2.22. The number of nitrogens with zero attached hydrogens (tertiary/aromatic N) is 4. The largest absolute Gasteiger partial charge is 0.337 e. The van der Waals surface area contributed by atoms with Gasteiger partial charge in [-0.25, -0.2) is 4.79 Å². The number of non-ortho nitro benzene ring substituents is 1. The van der Waals surface area contributed by atoms with E-state index < -0.39 is 11.0 Å². The molecule has 0 saturated heterocycles. The van der Waals surface area contributed by atoms with Crippen molar-refractivity contribution >= 4 is 23.1 Å². The first kappa shape index (κ1) is 15.4. The lowest BCUT2D eigenvalue weighted by atomic mass is 10.3. The summed E-state index contributed by atoms with van der Waals surface area (Å²) in [6.45, 7) is 0.358. The van der Waals surface area contributed by atoms with Crippen LogP contribution in [0, 0.1) is 10.1 Å². The highest BCUT2D eigenvalue weighted by Crippen LogP contribution is 2.16. The van der Waals surface area contributed by atoms with Crippen molar-refractivity contribution in [2.45, 2.75) is 6.42 Å². The lowest BCUT2D eigenvalue weighted by molar-refractivity contribution is -0.384. The van der Waals surface area contributed by atoms with Gasteiger partial charge in [0, 0.05) is 37.0 Å². The maximum atomic E-state index is 11.9. The number of urea groups is 1. The van der Waals surface area contributed by atoms with E-state index in [2.05, 4.69) is 20.8 Å². The number of carbonyl (C=O) groups excluding carboxylic acids is 1. The van der Waals surface area contributed by atoms with Crippen LogP contribution in [0.1, 0.15) is 5.82 Å². The average molecular weight is 326 g/mol. The normalized spacial score (nSPS) is 10.5. The lowest BCUT2D eigenvalue weighted by Crippen LogP contribution is -2.30. The molecule has 0 atom stereocenters. The second-order valence-corrected chi connectivity index (χ2v) is 4.98. The van der Waals surface area contributed by atoms with E-state index in [9.17, 15) is 14.9 Å². The van der Waals surface area contributed by atoms with E-state index in [1.54, 1.807) is 6.07 Å². The van der Waals surface area contributed by atoms with Gasteiger partial charge in [0.05, 0.1) is 4.92 Å². The van der Waals surface area contributed by atoms with Crippen molar-refractivity contribution < 1.29 is 9.72 Å². The number of nitro benzene ring substituents is 1. The fraction of sp³-hybridized carbons (Fsp3) is 0.133. The number of fused-ring (bicyclic) bond motifs is 1. The van der Waals surface area contributed by atoms with Crippen LogP contribution in [0.25, 0.3) is 5.65 Å². The van der Waals surface area contributed by atoms with E-state index in [1.165, 1.54) is 18.2 Å². The molecule has 0 bridgehead atoms. The van der Waals surface area contributed by atoms with Crippen LogP contribution in [0.5, 0.6) is 0 Å². The maximum absolute atomic E-state index is 11.9. The van der Waals surface area contributed by atoms with E-state index in [0.717, 1.165) is 11.5 Å². The molecule has 2 heterocycles. The number of benzene rings is 1. The fourth-order valence-corrected chi connectivity index (χ4v) is 2.22. The van der Waals surface area contributed by atoms with Gasteiger partial charge in [0.1, 0.15) is 5.82 Å². The second kappa shape index (κ2) is 6.73. The summed E-state index contributed by atoms with van der Waals surface area (Å²) in [4.78, 5) is 22.0. The number of nitrogens with one attached hydrogen (secondary N) is 2. The van der Waals surface area contributed by atoms with Crippen LogP contribution in [0.2, 0.25) is 0 Å². The molecule has 0 aliphatic heterocycles. The minimum Gasteiger partial charge on any atom is -0.337 e. The minimum absolute atomic E-state index is 0.0808. The van der Waals surface area contributed by atoms with E-state index in [0.29, 0.717) is 18.7 Å². The van der Waals surface area contributed by atoms with Crippen molar-refractivity contribution in [1.29, 1.82) is 0 Å². The molecule has 3 aromatic rings. The molecule has 0 spiro atoms. The summed E-state index contributed by atoms with van der Waals surface area (Å²) >= 11 is 0. The van der Waals surface area contributed by atoms with E-state index in [4.69, 9.17) is 0 Å². The standard InChI is InChI=1S/C15H14N6O3/c22-15(17-11-4-3-5-12(10-11)21(23)24)16-8-7-14-19-18-13-6-1-2-9-20(13)14/h1-6,9-10H,7-8H2,(H2,16,17,22). The molecule has 0 fully saturated rings. The van der Waals surface area contributed by atoms with Crippen molar-refractivity contribution in [3.8, 4) is 0 Å². The first-order valence-electron chi connectivity index (χ1n) is 7.21. The molecule has 0 saturated carbocycles. The quantitative estimate of drug-likeness (QED) is 0.550. The number of amides is 2. The van der Waals surface area contributed by atoms with Gasteiger partial charge in [0.2, 0.25) is 0 Å². The predicted molar refractivity (Wildman–Crippen MR) is 86.8 cm³/mol. The van der Waals surface area contributed by atoms with Gasteiger partial charge in [0.25, 0.3) is 5.69 Å². The minimum atomic E-state index is -0.514. The molecule has 9 heteroatoms. The monoisotopic (exact) mass is 326 g/mol. The van der Waals surface area contributed by atoms with Crippen molar-refractivity contribution in [3.05, 3.63) is 64.6 Å². The smallest absolute Gasteiger partial charge is 0.319 e. The third-order valence-corrected chi connectivity index (χ3v) is 3.33. The number of nitro groups is 1. The Balaban J connectivity index is 1.54. The zero-order valence-corrected chi connectivity index (χ0v) is 12.5. The number of hydrogen-bond donors (Lipinski definition) is 2. The van der Waals surface area contributed by atoms with Crippen LogP contribution in [0.3, 0.4) is 0 Å². The molecule has 1 aromatic carbocycles. The van der Waals surface area contributed by atoms with Gasteiger partial charge in [-0.05, 0) is 18.2 Å². The number of carbonyl (C=O) groups is 1. The predicted octanol–water partition coefficient (Wildman–Crippen LogP) is 2.00. The summed E-state index contributed by atoms with van der Waals surface area (Å²) in [6, 6.07) is 10.9. The molecule has 2 N–H and O–H groups in total. The molecule has 9 nitrogen and oxygen atoms in total. The molecule has 122 valence electrons. The summed E-state index contributed by atoms with van der Waals surface area (Å²) in [6.07, 6.45) is 2.36. The van der Waals surface area contributed by atoms with E-state index in [-0.39, 0.29) is 5.69 Å². The van der Waals surface area contributed by atoms with Gasteiger partial charge in [0.15, 0.2) is 5.65 Å². The van der Waals surface area contributed by atoms with Crippen LogP contribution in [-0.2, 0) is 6.42 Å². The van der Waals surface area contributed by atoms with Crippen LogP contribution in [0.15, 0.2) is 48.7 Å². The first-order valence-corrected chi connectivity index (χ1v) is 7.21. The third-order valence-electron chi connectivity index (χ3n) is 3.33. The van der Waals surface area contributed by atoms with Crippen LogP contribution in [0.4, 0.5) is 16.2 Å². The molecule has 0 aliphatic rings. The molecular weight excluding hydrogens is 312 g/mol. The Hall–Kier alpha value is -3.49. The third kappa shape index (κ3) is 3.46. The molecule has 0 unspecified atom stereocenters. The summed E-state index contributed by atoms with van der Waals surface area (Å²) in [5.41, 5.74) is 1.02. The number of hydrogen-bond acceptors (Lipinski definition) is 5. The van der Waals surface area contributed by atoms with Gasteiger partial charge in [-0.2, -0.15) is 0 Å². The molecule has 2 amide bonds. The molecule has 0 radical (unpaired) electrons. The summed E-state index contributed by atoms with van der Waals surface area (Å²) in [5, 5.41) is 24.1. The van der Waals surface area contributed by atoms with E-state index in [1.807, 2.05) is 28.8 Å². The van der Waals surface area contributed by atoms with Crippen LogP contribution in [-0.4, -0.2) is 32.1 Å². The zero-order chi connectivity index (χ0) is 16.9. The van der Waals surface area contributed by atoms with Gasteiger partial charge >= 0.3 is 6.03 Å². The van der Waals surface area contributed by atoms with Crippen molar-refractivity contribution in [1.82, 2.24) is 19.9 Å². The maximum Gasteiger partial charge on any atom is 0.319 e. The highest BCUT2D eigenvalue weighted by Gasteiger charge is 2.09. The van der Waals surface area contributed by atoms with Crippen molar-refractivity contribution in [2.75, 3.05) is 11.9 Å². The zero-order valence-electron chi connectivity index (χ0n) is 12.5. The Morgan fingerprint density at radius 2 is 2.08 bits per heavy atom. The molecule has 0 aliphatic carbocycles. The number of pyridine rings is 1. The Labute approximate surface area is 136 Å². The van der Waals surface area contributed by atoms with Gasteiger partial charge in [-0.15, -0.1) is 10.2 Å². The number of aromatic nitrogens is 3. The number of anilines is 1. The first-order chi connectivity index (χ1) is 11.6. The van der Waals surface area contributed by atoms with Crippen molar-refractivity contribution in [2.24, 2.45) is 0 Å². The summed E-state index contributed by atoms with van der Waals surface area (Å²) in [7, 11) is 0. The molecule has 3 rings (SSSR count). The SMILES string of the molecule is O=C(NCCc1nnc2ccccn12)Nc1cccc([N+](=O)[O-])c1. The van der Waals surface area contributed by atoms with Gasteiger partial charge < -0.3 is 10.6 Å². The lowest BCUT2D eigenvalue weighted by Gasteiger charge is -2.07. The molecular formula is C15H14N6O3. The molecule has 24 heavy (non-hydrogen) atoms. The van der Waals surface area contributed by atoms with E-state index >= 15 is 0 Å². The van der Waals surface area contributed by atoms with Crippen LogP contribution < -0.4 is 10.6 Å². The second-order valence-electron chi connectivity index (χ2n) is 4.98. The Bertz CT molecular complexity index is 892. The van der Waals surface area contributed by atoms with Gasteiger partial charge in [-0.3, -0.25) is 14.5 Å². The Morgan fingerprint density at radius 1 is 1.21 bits per heavy atom. The number of rotatable bonds is 5. The Morgan fingerprint density at radius 3 is 2.92 bits per heavy atom. The molecule has 2 aromatic heterocycles.